The van der Waals surface area contributed by atoms with Gasteiger partial charge in [-0.2, -0.15) is 0 Å². The molecule has 1 fully saturated rings. The first-order valence-corrected chi connectivity index (χ1v) is 9.02. The van der Waals surface area contributed by atoms with Crippen LogP contribution >= 0.6 is 0 Å². The lowest BCUT2D eigenvalue weighted by atomic mass is 10.0. The second-order valence-corrected chi connectivity index (χ2v) is 7.99. The average molecular weight is 310 g/mol. The van der Waals surface area contributed by atoms with Gasteiger partial charge in [0.15, 0.2) is 9.84 Å². The molecule has 21 heavy (non-hydrogen) atoms. The van der Waals surface area contributed by atoms with Crippen molar-refractivity contribution in [1.82, 2.24) is 5.32 Å². The number of hydrogen-bond donors (Lipinski definition) is 2. The van der Waals surface area contributed by atoms with Gasteiger partial charge in [-0.1, -0.05) is 32.0 Å². The first kappa shape index (κ1) is 15.8. The lowest BCUT2D eigenvalue weighted by Gasteiger charge is -2.15. The fourth-order valence-electron chi connectivity index (χ4n) is 2.52. The van der Waals surface area contributed by atoms with E-state index in [9.17, 15) is 13.2 Å². The Morgan fingerprint density at radius 2 is 2.05 bits per heavy atom. The monoisotopic (exact) mass is 310 g/mol. The molecular weight excluding hydrogens is 288 g/mol. The Hall–Kier alpha value is -1.56. The smallest absolute Gasteiger partial charge is 0.239 e. The number of carbonyl (C=O) groups is 1. The highest BCUT2D eigenvalue weighted by Gasteiger charge is 2.28. The molecule has 0 aliphatic carbocycles. The highest BCUT2D eigenvalue weighted by atomic mass is 32.2. The summed E-state index contributed by atoms with van der Waals surface area (Å²) in [5.41, 5.74) is 2.11. The van der Waals surface area contributed by atoms with Crippen LogP contribution in [-0.2, 0) is 14.6 Å². The molecule has 1 atom stereocenters. The number of benzene rings is 1. The van der Waals surface area contributed by atoms with Gasteiger partial charge < -0.3 is 10.6 Å². The van der Waals surface area contributed by atoms with Gasteiger partial charge in [0.25, 0.3) is 0 Å². The third-order valence-corrected chi connectivity index (χ3v) is 5.39. The molecule has 1 aromatic rings. The predicted octanol–water partition coefficient (Wildman–Crippen LogP) is 1.53. The van der Waals surface area contributed by atoms with Crippen LogP contribution in [0.1, 0.15) is 31.7 Å². The highest BCUT2D eigenvalue weighted by molar-refractivity contribution is 7.91. The summed E-state index contributed by atoms with van der Waals surface area (Å²) in [6, 6.07) is 7.64. The van der Waals surface area contributed by atoms with Crippen LogP contribution in [0.25, 0.3) is 0 Å². The lowest BCUT2D eigenvalue weighted by Crippen LogP contribution is -2.39. The van der Waals surface area contributed by atoms with Gasteiger partial charge in [-0.3, -0.25) is 4.79 Å². The summed E-state index contributed by atoms with van der Waals surface area (Å²) in [6.07, 6.45) is 0.511. The quantitative estimate of drug-likeness (QED) is 0.865. The maximum atomic E-state index is 11.9. The van der Waals surface area contributed by atoms with Crippen molar-refractivity contribution in [2.45, 2.75) is 32.2 Å². The van der Waals surface area contributed by atoms with E-state index in [0.29, 0.717) is 12.3 Å². The van der Waals surface area contributed by atoms with E-state index in [4.69, 9.17) is 0 Å². The maximum absolute atomic E-state index is 11.9. The topological polar surface area (TPSA) is 75.3 Å². The predicted molar refractivity (Wildman–Crippen MR) is 84.2 cm³/mol. The Bertz CT molecular complexity index is 611. The van der Waals surface area contributed by atoms with Crippen molar-refractivity contribution in [1.29, 1.82) is 0 Å². The van der Waals surface area contributed by atoms with Gasteiger partial charge in [0.2, 0.25) is 5.91 Å². The zero-order chi connectivity index (χ0) is 15.5. The van der Waals surface area contributed by atoms with Gasteiger partial charge in [0.05, 0.1) is 18.1 Å². The first-order chi connectivity index (χ1) is 9.87. The van der Waals surface area contributed by atoms with Gasteiger partial charge in [0, 0.05) is 11.7 Å². The van der Waals surface area contributed by atoms with Gasteiger partial charge in [-0.15, -0.1) is 0 Å². The Kier molecular flexibility index (Phi) is 4.88. The van der Waals surface area contributed by atoms with Gasteiger partial charge in [-0.25, -0.2) is 8.42 Å². The van der Waals surface area contributed by atoms with E-state index < -0.39 is 9.84 Å². The molecule has 1 aliphatic heterocycles. The number of carbonyl (C=O) groups excluding carboxylic acids is 1. The zero-order valence-corrected chi connectivity index (χ0v) is 13.2. The Morgan fingerprint density at radius 3 is 2.67 bits per heavy atom. The van der Waals surface area contributed by atoms with Crippen LogP contribution in [-0.4, -0.2) is 38.4 Å². The molecule has 5 nitrogen and oxygen atoms in total. The third kappa shape index (κ3) is 4.46. The van der Waals surface area contributed by atoms with Crippen molar-refractivity contribution in [2.75, 3.05) is 23.4 Å². The molecule has 1 aliphatic rings. The summed E-state index contributed by atoms with van der Waals surface area (Å²) < 4.78 is 22.7. The lowest BCUT2D eigenvalue weighted by molar-refractivity contribution is -0.119. The van der Waals surface area contributed by atoms with E-state index >= 15 is 0 Å². The van der Waals surface area contributed by atoms with Crippen LogP contribution in [0.3, 0.4) is 0 Å². The van der Waals surface area contributed by atoms with Crippen LogP contribution in [0.2, 0.25) is 0 Å². The van der Waals surface area contributed by atoms with Crippen LogP contribution in [0, 0.1) is 0 Å². The standard InChI is InChI=1S/C15H22N2O3S/c1-11(2)13-5-3-4-6-14(13)16-9-15(18)17-12-7-8-21(19,20)10-12/h3-6,11-12,16H,7-10H2,1-2H3,(H,17,18). The number of para-hydroxylation sites is 1. The molecule has 2 N–H and O–H groups in total. The Morgan fingerprint density at radius 1 is 1.33 bits per heavy atom. The molecule has 2 rings (SSSR count). The summed E-state index contributed by atoms with van der Waals surface area (Å²) in [5, 5.41) is 5.90. The summed E-state index contributed by atoms with van der Waals surface area (Å²) in [5.74, 6) is 0.426. The summed E-state index contributed by atoms with van der Waals surface area (Å²) in [4.78, 5) is 11.9. The summed E-state index contributed by atoms with van der Waals surface area (Å²) >= 11 is 0. The van der Waals surface area contributed by atoms with Crippen molar-refractivity contribution in [3.63, 3.8) is 0 Å². The Labute approximate surface area is 126 Å². The molecule has 0 bridgehead atoms. The first-order valence-electron chi connectivity index (χ1n) is 7.20. The normalized spacial score (nSPS) is 20.4. The number of anilines is 1. The molecule has 1 heterocycles. The number of hydrogen-bond acceptors (Lipinski definition) is 4. The number of rotatable bonds is 5. The molecule has 0 aromatic heterocycles. The highest BCUT2D eigenvalue weighted by Crippen LogP contribution is 2.23. The number of nitrogens with one attached hydrogen (secondary N) is 2. The number of sulfone groups is 1. The van der Waals surface area contributed by atoms with Crippen LogP contribution < -0.4 is 10.6 Å². The molecule has 1 unspecified atom stereocenters. The number of amides is 1. The SMILES string of the molecule is CC(C)c1ccccc1NCC(=O)NC1CCS(=O)(=O)C1. The molecule has 1 saturated heterocycles. The second kappa shape index (κ2) is 6.47. The van der Waals surface area contributed by atoms with E-state index in [2.05, 4.69) is 24.5 Å². The fraction of sp³-hybridized carbons (Fsp3) is 0.533. The van der Waals surface area contributed by atoms with E-state index in [1.807, 2.05) is 24.3 Å². The van der Waals surface area contributed by atoms with Gasteiger partial charge in [0.1, 0.15) is 0 Å². The van der Waals surface area contributed by atoms with Crippen molar-refractivity contribution in [2.24, 2.45) is 0 Å². The van der Waals surface area contributed by atoms with E-state index in [1.165, 1.54) is 0 Å². The van der Waals surface area contributed by atoms with Crippen LogP contribution in [0.5, 0.6) is 0 Å². The third-order valence-electron chi connectivity index (χ3n) is 3.62. The van der Waals surface area contributed by atoms with Gasteiger partial charge in [-0.05, 0) is 24.0 Å². The average Bonchev–Trinajstić information content (AvgIpc) is 2.75. The minimum Gasteiger partial charge on any atom is -0.376 e. The van der Waals surface area contributed by atoms with Crippen LogP contribution in [0.4, 0.5) is 5.69 Å². The van der Waals surface area contributed by atoms with Gasteiger partial charge >= 0.3 is 0 Å². The minimum atomic E-state index is -2.96. The molecule has 0 saturated carbocycles. The van der Waals surface area contributed by atoms with Crippen molar-refractivity contribution < 1.29 is 13.2 Å². The summed E-state index contributed by atoms with van der Waals surface area (Å²) in [6.45, 7) is 4.36. The van der Waals surface area contributed by atoms with Crippen molar-refractivity contribution in [3.8, 4) is 0 Å². The molecule has 116 valence electrons. The fourth-order valence-corrected chi connectivity index (χ4v) is 4.20. The zero-order valence-electron chi connectivity index (χ0n) is 12.4. The van der Waals surface area contributed by atoms with E-state index in [-0.39, 0.29) is 30.0 Å². The van der Waals surface area contributed by atoms with Crippen molar-refractivity contribution >= 4 is 21.4 Å². The molecular formula is C15H22N2O3S. The van der Waals surface area contributed by atoms with E-state index in [0.717, 1.165) is 11.3 Å². The molecule has 1 aromatic carbocycles. The minimum absolute atomic E-state index is 0.0569. The largest absolute Gasteiger partial charge is 0.376 e. The maximum Gasteiger partial charge on any atom is 0.239 e. The molecule has 6 heteroatoms. The Balaban J connectivity index is 1.87. The molecule has 0 radical (unpaired) electrons. The second-order valence-electron chi connectivity index (χ2n) is 5.76. The van der Waals surface area contributed by atoms with E-state index in [1.54, 1.807) is 0 Å². The van der Waals surface area contributed by atoms with Crippen LogP contribution in [0.15, 0.2) is 24.3 Å². The van der Waals surface area contributed by atoms with Crippen molar-refractivity contribution in [3.05, 3.63) is 29.8 Å². The summed E-state index contributed by atoms with van der Waals surface area (Å²) in [7, 11) is -2.96. The molecule has 0 spiro atoms. The molecule has 1 amide bonds.